The molecule has 2 heterocycles. The van der Waals surface area contributed by atoms with Crippen molar-refractivity contribution >= 4 is 11.3 Å². The molecule has 1 aliphatic carbocycles. The number of nitrogens with zero attached hydrogens (tertiary/aromatic N) is 2. The summed E-state index contributed by atoms with van der Waals surface area (Å²) < 4.78 is 5.42. The van der Waals surface area contributed by atoms with Crippen LogP contribution < -0.4 is 9.64 Å². The van der Waals surface area contributed by atoms with Gasteiger partial charge in [0.25, 0.3) is 0 Å². The van der Waals surface area contributed by atoms with Gasteiger partial charge in [0, 0.05) is 37.3 Å². The number of allylic oxidation sites excluding steroid dienone is 1. The number of anilines is 1. The van der Waals surface area contributed by atoms with Gasteiger partial charge in [-0.1, -0.05) is 36.4 Å². The SMILES string of the molecule is COc1cccc(N2CC3CC=C(c4ccc(CCN5CCCC5)cc4)C3C2)c1. The number of benzene rings is 2. The predicted octanol–water partition coefficient (Wildman–Crippen LogP) is 4.87. The lowest BCUT2D eigenvalue weighted by molar-refractivity contribution is 0.343. The molecular weight excluding hydrogens is 356 g/mol. The third-order valence-corrected chi connectivity index (χ3v) is 7.10. The first-order valence-corrected chi connectivity index (χ1v) is 11.2. The molecule has 3 aliphatic rings. The van der Waals surface area contributed by atoms with E-state index in [-0.39, 0.29) is 0 Å². The largest absolute Gasteiger partial charge is 0.497 e. The molecule has 0 N–H and O–H groups in total. The summed E-state index contributed by atoms with van der Waals surface area (Å²) >= 11 is 0. The molecule has 0 amide bonds. The highest BCUT2D eigenvalue weighted by Gasteiger charge is 2.38. The van der Waals surface area contributed by atoms with Crippen LogP contribution in [0.4, 0.5) is 5.69 Å². The van der Waals surface area contributed by atoms with E-state index in [9.17, 15) is 0 Å². The van der Waals surface area contributed by atoms with Crippen LogP contribution in [0, 0.1) is 11.8 Å². The summed E-state index contributed by atoms with van der Waals surface area (Å²) in [4.78, 5) is 5.14. The Morgan fingerprint density at radius 1 is 1.00 bits per heavy atom. The lowest BCUT2D eigenvalue weighted by Gasteiger charge is -2.20. The van der Waals surface area contributed by atoms with E-state index >= 15 is 0 Å². The van der Waals surface area contributed by atoms with E-state index in [0.29, 0.717) is 5.92 Å². The molecule has 0 bridgehead atoms. The second-order valence-electron chi connectivity index (χ2n) is 8.86. The summed E-state index contributed by atoms with van der Waals surface area (Å²) in [5.74, 6) is 2.34. The van der Waals surface area contributed by atoms with Crippen molar-refractivity contribution in [2.24, 2.45) is 11.8 Å². The maximum absolute atomic E-state index is 5.42. The Hall–Kier alpha value is -2.26. The Morgan fingerprint density at radius 2 is 1.83 bits per heavy atom. The van der Waals surface area contributed by atoms with E-state index in [2.05, 4.69) is 58.3 Å². The number of methoxy groups -OCH3 is 1. The first kappa shape index (κ1) is 18.7. The van der Waals surface area contributed by atoms with Gasteiger partial charge in [0.15, 0.2) is 0 Å². The van der Waals surface area contributed by atoms with E-state index in [1.807, 2.05) is 6.07 Å². The quantitative estimate of drug-likeness (QED) is 0.702. The summed E-state index contributed by atoms with van der Waals surface area (Å²) in [7, 11) is 1.74. The monoisotopic (exact) mass is 388 g/mol. The Labute approximate surface area is 175 Å². The second kappa shape index (κ2) is 8.23. The van der Waals surface area contributed by atoms with Crippen LogP contribution in [0.3, 0.4) is 0 Å². The molecule has 3 nitrogen and oxygen atoms in total. The van der Waals surface area contributed by atoms with Gasteiger partial charge in [-0.15, -0.1) is 0 Å². The van der Waals surface area contributed by atoms with Crippen molar-refractivity contribution in [2.45, 2.75) is 25.7 Å². The molecular formula is C26H32N2O. The van der Waals surface area contributed by atoms with E-state index in [4.69, 9.17) is 4.74 Å². The maximum atomic E-state index is 5.42. The van der Waals surface area contributed by atoms with Crippen LogP contribution in [0.1, 0.15) is 30.4 Å². The molecule has 29 heavy (non-hydrogen) atoms. The summed E-state index contributed by atoms with van der Waals surface area (Å²) in [6.07, 6.45) is 7.63. The average Bonchev–Trinajstić information content (AvgIpc) is 3.50. The third-order valence-electron chi connectivity index (χ3n) is 7.10. The predicted molar refractivity (Wildman–Crippen MR) is 121 cm³/mol. The zero-order valence-electron chi connectivity index (χ0n) is 17.5. The van der Waals surface area contributed by atoms with Gasteiger partial charge in [-0.05, 0) is 73.5 Å². The fourth-order valence-electron chi connectivity index (χ4n) is 5.40. The van der Waals surface area contributed by atoms with Crippen LogP contribution in [0.15, 0.2) is 54.6 Å². The van der Waals surface area contributed by atoms with Gasteiger partial charge in [-0.3, -0.25) is 0 Å². The molecule has 5 rings (SSSR count). The van der Waals surface area contributed by atoms with Gasteiger partial charge in [0.05, 0.1) is 7.11 Å². The molecule has 2 atom stereocenters. The standard InChI is InChI=1S/C26H32N2O/c1-29-24-6-4-5-23(17-24)28-18-22-11-12-25(26(22)19-28)21-9-7-20(8-10-21)13-16-27-14-2-3-15-27/h4-10,12,17,22,26H,2-3,11,13-16,18-19H2,1H3. The van der Waals surface area contributed by atoms with Crippen molar-refractivity contribution in [3.8, 4) is 5.75 Å². The Balaban J connectivity index is 1.24. The lowest BCUT2D eigenvalue weighted by Crippen LogP contribution is -2.21. The third kappa shape index (κ3) is 3.93. The molecule has 2 fully saturated rings. The normalized spacial score (nSPS) is 24.0. The Bertz CT molecular complexity index is 867. The van der Waals surface area contributed by atoms with Crippen molar-refractivity contribution in [3.05, 3.63) is 65.7 Å². The van der Waals surface area contributed by atoms with Crippen molar-refractivity contribution in [1.29, 1.82) is 0 Å². The van der Waals surface area contributed by atoms with E-state index in [1.54, 1.807) is 12.7 Å². The van der Waals surface area contributed by atoms with Crippen LogP contribution >= 0.6 is 0 Å². The molecule has 0 aromatic heterocycles. The zero-order chi connectivity index (χ0) is 19.6. The first-order chi connectivity index (χ1) is 14.3. The maximum Gasteiger partial charge on any atom is 0.120 e. The van der Waals surface area contributed by atoms with E-state index < -0.39 is 0 Å². The summed E-state index contributed by atoms with van der Waals surface area (Å²) in [5, 5.41) is 0. The molecule has 2 aliphatic heterocycles. The molecule has 0 saturated carbocycles. The molecule has 2 aromatic rings. The fraction of sp³-hybridized carbons (Fsp3) is 0.462. The summed E-state index contributed by atoms with van der Waals surface area (Å²) in [6.45, 7) is 6.05. The molecule has 3 heteroatoms. The number of fused-ring (bicyclic) bond motifs is 1. The number of hydrogen-bond acceptors (Lipinski definition) is 3. The van der Waals surface area contributed by atoms with Crippen LogP contribution in [0.5, 0.6) is 5.75 Å². The van der Waals surface area contributed by atoms with Gasteiger partial charge >= 0.3 is 0 Å². The number of rotatable bonds is 6. The Kier molecular flexibility index (Phi) is 5.32. The highest BCUT2D eigenvalue weighted by Crippen LogP contribution is 2.44. The average molecular weight is 389 g/mol. The Morgan fingerprint density at radius 3 is 2.62 bits per heavy atom. The van der Waals surface area contributed by atoms with Gasteiger partial charge < -0.3 is 14.5 Å². The minimum absolute atomic E-state index is 0.650. The van der Waals surface area contributed by atoms with Crippen LogP contribution in [0.25, 0.3) is 5.57 Å². The molecule has 2 aromatic carbocycles. The highest BCUT2D eigenvalue weighted by atomic mass is 16.5. The second-order valence-corrected chi connectivity index (χ2v) is 8.86. The topological polar surface area (TPSA) is 15.7 Å². The van der Waals surface area contributed by atoms with Gasteiger partial charge in [0.1, 0.15) is 5.75 Å². The molecule has 0 spiro atoms. The number of hydrogen-bond donors (Lipinski definition) is 0. The highest BCUT2D eigenvalue weighted by molar-refractivity contribution is 5.72. The van der Waals surface area contributed by atoms with Crippen molar-refractivity contribution in [3.63, 3.8) is 0 Å². The molecule has 2 unspecified atom stereocenters. The van der Waals surface area contributed by atoms with Gasteiger partial charge in [0.2, 0.25) is 0 Å². The van der Waals surface area contributed by atoms with E-state index in [0.717, 1.165) is 24.8 Å². The van der Waals surface area contributed by atoms with Crippen LogP contribution in [0.2, 0.25) is 0 Å². The van der Waals surface area contributed by atoms with E-state index in [1.165, 1.54) is 62.1 Å². The number of ether oxygens (including phenoxy) is 1. The molecule has 0 radical (unpaired) electrons. The zero-order valence-corrected chi connectivity index (χ0v) is 17.5. The van der Waals surface area contributed by atoms with Gasteiger partial charge in [-0.2, -0.15) is 0 Å². The first-order valence-electron chi connectivity index (χ1n) is 11.2. The fourth-order valence-corrected chi connectivity index (χ4v) is 5.40. The minimum Gasteiger partial charge on any atom is -0.497 e. The summed E-state index contributed by atoms with van der Waals surface area (Å²) in [5.41, 5.74) is 5.75. The van der Waals surface area contributed by atoms with Crippen LogP contribution in [-0.4, -0.2) is 44.7 Å². The lowest BCUT2D eigenvalue weighted by atomic mass is 9.90. The van der Waals surface area contributed by atoms with Crippen molar-refractivity contribution in [1.82, 2.24) is 4.90 Å². The molecule has 2 saturated heterocycles. The molecule has 152 valence electrons. The smallest absolute Gasteiger partial charge is 0.120 e. The van der Waals surface area contributed by atoms with Gasteiger partial charge in [-0.25, -0.2) is 0 Å². The van der Waals surface area contributed by atoms with Crippen LogP contribution in [-0.2, 0) is 6.42 Å². The minimum atomic E-state index is 0.650. The number of likely N-dealkylation sites (tertiary alicyclic amines) is 1. The summed E-state index contributed by atoms with van der Waals surface area (Å²) in [6, 6.07) is 17.9. The van der Waals surface area contributed by atoms with Crippen molar-refractivity contribution < 1.29 is 4.74 Å². The van der Waals surface area contributed by atoms with Crippen molar-refractivity contribution in [2.75, 3.05) is 44.7 Å².